The summed E-state index contributed by atoms with van der Waals surface area (Å²) in [6.45, 7) is 5.35. The van der Waals surface area contributed by atoms with E-state index in [9.17, 15) is 5.11 Å². The molecule has 3 heterocycles. The van der Waals surface area contributed by atoms with Crippen molar-refractivity contribution in [2.75, 3.05) is 36.5 Å². The summed E-state index contributed by atoms with van der Waals surface area (Å²) in [6, 6.07) is 9.60. The Morgan fingerprint density at radius 1 is 1.08 bits per heavy atom. The largest absolute Gasteiger partial charge is 0.493 e. The summed E-state index contributed by atoms with van der Waals surface area (Å²) in [4.78, 5) is 10.4. The number of aryl methyl sites for hydroxylation is 1. The van der Waals surface area contributed by atoms with Crippen LogP contribution < -0.4 is 10.2 Å². The number of morpholine rings is 1. The number of aromatic hydroxyl groups is 1. The molecule has 2 N–H and O–H groups in total. The van der Waals surface area contributed by atoms with Gasteiger partial charge in [0.1, 0.15) is 6.33 Å². The molecule has 0 spiro atoms. The minimum atomic E-state index is -0.0543. The molecule has 26 heavy (non-hydrogen) atoms. The first-order valence-electron chi connectivity index (χ1n) is 8.46. The maximum Gasteiger partial charge on any atom is 0.246 e. The highest BCUT2D eigenvalue weighted by atomic mass is 16.5. The van der Waals surface area contributed by atoms with Gasteiger partial charge in [-0.1, -0.05) is 0 Å². The number of rotatable bonds is 4. The van der Waals surface area contributed by atoms with E-state index in [1.54, 1.807) is 17.1 Å². The summed E-state index contributed by atoms with van der Waals surface area (Å²) < 4.78 is 7.01. The fraction of sp³-hybridized carbons (Fsp3) is 0.278. The molecule has 0 unspecified atom stereocenters. The molecule has 8 nitrogen and oxygen atoms in total. The summed E-state index contributed by atoms with van der Waals surface area (Å²) in [5, 5.41) is 17.2. The number of hydrogen-bond acceptors (Lipinski definition) is 7. The van der Waals surface area contributed by atoms with Gasteiger partial charge in [0.15, 0.2) is 0 Å². The second-order valence-electron chi connectivity index (χ2n) is 6.17. The molecule has 0 amide bonds. The maximum atomic E-state index is 9.50. The SMILES string of the molecule is Cc1cc(Nc2ncn(-c3ccnc(O)c3)n2)cc(N2CCOCC2)c1. The van der Waals surface area contributed by atoms with Crippen LogP contribution >= 0.6 is 0 Å². The summed E-state index contributed by atoms with van der Waals surface area (Å²) in [5.74, 6) is 0.432. The van der Waals surface area contributed by atoms with E-state index in [1.807, 2.05) is 0 Å². The van der Waals surface area contributed by atoms with Gasteiger partial charge in [0.05, 0.1) is 18.9 Å². The Hall–Kier alpha value is -3.13. The molecule has 3 aromatic rings. The minimum Gasteiger partial charge on any atom is -0.493 e. The van der Waals surface area contributed by atoms with Crippen LogP contribution in [0.3, 0.4) is 0 Å². The van der Waals surface area contributed by atoms with Crippen molar-refractivity contribution in [3.63, 3.8) is 0 Å². The van der Waals surface area contributed by atoms with Crippen molar-refractivity contribution in [3.8, 4) is 11.6 Å². The summed E-state index contributed by atoms with van der Waals surface area (Å²) in [5.41, 5.74) is 3.95. The van der Waals surface area contributed by atoms with Gasteiger partial charge >= 0.3 is 0 Å². The van der Waals surface area contributed by atoms with Gasteiger partial charge < -0.3 is 20.1 Å². The van der Waals surface area contributed by atoms with Crippen LogP contribution in [0.4, 0.5) is 17.3 Å². The van der Waals surface area contributed by atoms with E-state index in [1.165, 1.54) is 12.3 Å². The lowest BCUT2D eigenvalue weighted by atomic mass is 10.1. The van der Waals surface area contributed by atoms with Crippen molar-refractivity contribution in [2.45, 2.75) is 6.92 Å². The monoisotopic (exact) mass is 352 g/mol. The van der Waals surface area contributed by atoms with E-state index >= 15 is 0 Å². The molecule has 1 fully saturated rings. The Balaban J connectivity index is 1.55. The molecule has 1 aliphatic rings. The van der Waals surface area contributed by atoms with Crippen LogP contribution in [0, 0.1) is 6.92 Å². The smallest absolute Gasteiger partial charge is 0.246 e. The summed E-state index contributed by atoms with van der Waals surface area (Å²) in [6.07, 6.45) is 3.12. The molecule has 8 heteroatoms. The maximum absolute atomic E-state index is 9.50. The lowest BCUT2D eigenvalue weighted by Gasteiger charge is -2.29. The summed E-state index contributed by atoms with van der Waals surface area (Å²) >= 11 is 0. The highest BCUT2D eigenvalue weighted by Crippen LogP contribution is 2.25. The third-order valence-electron chi connectivity index (χ3n) is 4.18. The topological polar surface area (TPSA) is 88.3 Å². The number of hydrogen-bond donors (Lipinski definition) is 2. The fourth-order valence-electron chi connectivity index (χ4n) is 2.96. The Bertz CT molecular complexity index is 904. The second-order valence-corrected chi connectivity index (χ2v) is 6.17. The zero-order valence-electron chi connectivity index (χ0n) is 14.5. The predicted molar refractivity (Wildman–Crippen MR) is 98.3 cm³/mol. The van der Waals surface area contributed by atoms with Crippen molar-refractivity contribution in [1.29, 1.82) is 0 Å². The molecule has 0 bridgehead atoms. The number of nitrogens with zero attached hydrogens (tertiary/aromatic N) is 5. The number of pyridine rings is 1. The van der Waals surface area contributed by atoms with Gasteiger partial charge in [-0.2, -0.15) is 4.98 Å². The Kier molecular flexibility index (Phi) is 4.40. The van der Waals surface area contributed by atoms with Gasteiger partial charge in [-0.15, -0.1) is 5.10 Å². The van der Waals surface area contributed by atoms with E-state index in [0.29, 0.717) is 11.6 Å². The molecule has 1 saturated heterocycles. The molecule has 0 atom stereocenters. The Morgan fingerprint density at radius 2 is 1.92 bits per heavy atom. The number of anilines is 3. The van der Waals surface area contributed by atoms with E-state index in [2.05, 4.69) is 50.4 Å². The Labute approximate surface area is 151 Å². The van der Waals surface area contributed by atoms with E-state index < -0.39 is 0 Å². The van der Waals surface area contributed by atoms with Crippen LogP contribution in [-0.2, 0) is 4.74 Å². The second kappa shape index (κ2) is 7.01. The molecule has 0 radical (unpaired) electrons. The van der Waals surface area contributed by atoms with Crippen molar-refractivity contribution in [1.82, 2.24) is 19.7 Å². The highest BCUT2D eigenvalue weighted by Gasteiger charge is 2.13. The molecular formula is C18H20N6O2. The first-order valence-corrected chi connectivity index (χ1v) is 8.46. The van der Waals surface area contributed by atoms with E-state index in [-0.39, 0.29) is 5.88 Å². The first-order chi connectivity index (χ1) is 12.7. The van der Waals surface area contributed by atoms with Crippen molar-refractivity contribution < 1.29 is 9.84 Å². The van der Waals surface area contributed by atoms with Gasteiger partial charge in [-0.05, 0) is 36.8 Å². The minimum absolute atomic E-state index is 0.0543. The first kappa shape index (κ1) is 16.3. The predicted octanol–water partition coefficient (Wildman–Crippen LogP) is 2.26. The molecule has 1 aromatic carbocycles. The van der Waals surface area contributed by atoms with Gasteiger partial charge in [-0.25, -0.2) is 9.67 Å². The quantitative estimate of drug-likeness (QED) is 0.744. The fourth-order valence-corrected chi connectivity index (χ4v) is 2.96. The lowest BCUT2D eigenvalue weighted by molar-refractivity contribution is 0.122. The van der Waals surface area contributed by atoms with Crippen molar-refractivity contribution in [2.24, 2.45) is 0 Å². The van der Waals surface area contributed by atoms with Gasteiger partial charge in [-0.3, -0.25) is 0 Å². The zero-order chi connectivity index (χ0) is 17.9. The van der Waals surface area contributed by atoms with E-state index in [0.717, 1.165) is 43.2 Å². The Morgan fingerprint density at radius 3 is 2.73 bits per heavy atom. The number of ether oxygens (including phenoxy) is 1. The van der Waals surface area contributed by atoms with Crippen LogP contribution in [0.15, 0.2) is 42.9 Å². The van der Waals surface area contributed by atoms with Crippen molar-refractivity contribution in [3.05, 3.63) is 48.4 Å². The van der Waals surface area contributed by atoms with Crippen LogP contribution in [-0.4, -0.2) is 51.2 Å². The molecule has 0 aliphatic carbocycles. The molecule has 134 valence electrons. The third kappa shape index (κ3) is 3.60. The van der Waals surface area contributed by atoms with Crippen LogP contribution in [0.1, 0.15) is 5.56 Å². The average molecular weight is 352 g/mol. The normalized spacial score (nSPS) is 14.4. The molecule has 1 aliphatic heterocycles. The number of nitrogens with one attached hydrogen (secondary N) is 1. The van der Waals surface area contributed by atoms with Crippen LogP contribution in [0.2, 0.25) is 0 Å². The highest BCUT2D eigenvalue weighted by molar-refractivity contribution is 5.64. The van der Waals surface area contributed by atoms with Crippen LogP contribution in [0.25, 0.3) is 5.69 Å². The summed E-state index contributed by atoms with van der Waals surface area (Å²) in [7, 11) is 0. The molecule has 2 aromatic heterocycles. The van der Waals surface area contributed by atoms with Gasteiger partial charge in [0.25, 0.3) is 0 Å². The molecule has 0 saturated carbocycles. The van der Waals surface area contributed by atoms with Gasteiger partial charge in [0, 0.05) is 36.7 Å². The molecular weight excluding hydrogens is 332 g/mol. The molecule has 4 rings (SSSR count). The van der Waals surface area contributed by atoms with Crippen molar-refractivity contribution >= 4 is 17.3 Å². The third-order valence-corrected chi connectivity index (χ3v) is 4.18. The lowest BCUT2D eigenvalue weighted by Crippen LogP contribution is -2.36. The van der Waals surface area contributed by atoms with Gasteiger partial charge in [0.2, 0.25) is 11.8 Å². The average Bonchev–Trinajstić information content (AvgIpc) is 3.10. The standard InChI is InChI=1S/C18H20N6O2/c1-13-8-14(10-16(9-13)23-4-6-26-7-5-23)21-18-20-12-24(22-18)15-2-3-19-17(25)11-15/h2-3,8-12H,4-7H2,1H3,(H,19,25)(H,21,22). The van der Waals surface area contributed by atoms with Crippen LogP contribution in [0.5, 0.6) is 5.88 Å². The number of aromatic nitrogens is 4. The number of benzene rings is 1. The van der Waals surface area contributed by atoms with E-state index in [4.69, 9.17) is 4.74 Å². The zero-order valence-corrected chi connectivity index (χ0v) is 14.5.